The summed E-state index contributed by atoms with van der Waals surface area (Å²) in [5.74, 6) is 0.589. The van der Waals surface area contributed by atoms with E-state index in [4.69, 9.17) is 13.2 Å². The number of nitrogens with one attached hydrogen (secondary N) is 1. The number of carbonyl (C=O) groups excluding carboxylic acids is 1. The molecule has 0 bridgehead atoms. The maximum Gasteiger partial charge on any atom is 0.394 e. The third-order valence-corrected chi connectivity index (χ3v) is 7.10. The van der Waals surface area contributed by atoms with Gasteiger partial charge in [0.25, 0.3) is 5.91 Å². The molecular formula is C26H34F3N5O5S. The lowest BCUT2D eigenvalue weighted by atomic mass is 9.79. The quantitative estimate of drug-likeness (QED) is 0.475. The average Bonchev–Trinajstić information content (AvgIpc) is 3.27. The van der Waals surface area contributed by atoms with Crippen LogP contribution in [0.5, 0.6) is 5.75 Å². The minimum atomic E-state index is -4.40. The summed E-state index contributed by atoms with van der Waals surface area (Å²) in [4.78, 5) is 21.7. The number of rotatable bonds is 8. The Morgan fingerprint density at radius 3 is 2.42 bits per heavy atom. The Kier molecular flexibility index (Phi) is 11.0. The van der Waals surface area contributed by atoms with Crippen molar-refractivity contribution >= 4 is 17.5 Å². The molecule has 40 heavy (non-hydrogen) atoms. The Labute approximate surface area is 234 Å². The van der Waals surface area contributed by atoms with Crippen molar-refractivity contribution in [1.82, 2.24) is 19.9 Å². The van der Waals surface area contributed by atoms with Crippen LogP contribution >= 0.6 is 0 Å². The number of amides is 1. The molecule has 2 N–H and O–H groups in total. The summed E-state index contributed by atoms with van der Waals surface area (Å²) in [6.45, 7) is 6.19. The SMILES string of the molecule is CCc1nc(C(=O)NCC2(O)CCC(C)CC2)c(C#N)n1-c1ncc(CC(C)(C)C(F)(F)F)cc1OC.O=S=O. The van der Waals surface area contributed by atoms with E-state index in [1.807, 2.05) is 6.07 Å². The van der Waals surface area contributed by atoms with Gasteiger partial charge in [0.2, 0.25) is 0 Å². The lowest BCUT2D eigenvalue weighted by molar-refractivity contribution is -0.211. The Hall–Kier alpha value is -3.31. The highest BCUT2D eigenvalue weighted by atomic mass is 32.1. The summed E-state index contributed by atoms with van der Waals surface area (Å²) >= 11 is -0.750. The molecule has 2 heterocycles. The second-order valence-electron chi connectivity index (χ2n) is 10.6. The Morgan fingerprint density at radius 2 is 1.93 bits per heavy atom. The number of alkyl halides is 3. The molecule has 0 aliphatic heterocycles. The number of pyridine rings is 1. The van der Waals surface area contributed by atoms with Gasteiger partial charge in [-0.3, -0.25) is 9.36 Å². The number of imidazole rings is 1. The van der Waals surface area contributed by atoms with E-state index in [9.17, 15) is 28.3 Å². The van der Waals surface area contributed by atoms with Gasteiger partial charge in [0.1, 0.15) is 11.9 Å². The number of halogens is 3. The minimum absolute atomic E-state index is 0.0446. The number of carbonyl (C=O) groups is 1. The first-order chi connectivity index (χ1) is 18.7. The molecule has 2 aromatic rings. The molecular weight excluding hydrogens is 551 g/mol. The van der Waals surface area contributed by atoms with Crippen LogP contribution < -0.4 is 10.1 Å². The molecule has 0 radical (unpaired) electrons. The maximum absolute atomic E-state index is 13.4. The predicted molar refractivity (Wildman–Crippen MR) is 139 cm³/mol. The summed E-state index contributed by atoms with van der Waals surface area (Å²) in [6.07, 6.45) is -0.177. The number of nitriles is 1. The lowest BCUT2D eigenvalue weighted by Crippen LogP contribution is -2.45. The van der Waals surface area contributed by atoms with E-state index >= 15 is 0 Å². The lowest BCUT2D eigenvalue weighted by Gasteiger charge is -2.34. The molecule has 0 unspecified atom stereocenters. The molecule has 1 amide bonds. The number of aromatic nitrogens is 3. The van der Waals surface area contributed by atoms with Gasteiger partial charge >= 0.3 is 17.7 Å². The first-order valence-electron chi connectivity index (χ1n) is 12.7. The summed E-state index contributed by atoms with van der Waals surface area (Å²) in [6, 6.07) is 3.46. The van der Waals surface area contributed by atoms with Gasteiger partial charge < -0.3 is 15.2 Å². The van der Waals surface area contributed by atoms with E-state index in [1.165, 1.54) is 23.9 Å². The normalized spacial score (nSPS) is 19.1. The van der Waals surface area contributed by atoms with Gasteiger partial charge in [0.15, 0.2) is 23.0 Å². The number of nitrogens with zero attached hydrogens (tertiary/aromatic N) is 4. The van der Waals surface area contributed by atoms with Crippen LogP contribution in [0.3, 0.4) is 0 Å². The fourth-order valence-electron chi connectivity index (χ4n) is 4.50. The van der Waals surface area contributed by atoms with E-state index in [1.54, 1.807) is 6.92 Å². The second-order valence-corrected chi connectivity index (χ2v) is 10.7. The second kappa shape index (κ2) is 13.4. The number of hydrogen-bond donors (Lipinski definition) is 2. The smallest absolute Gasteiger partial charge is 0.394 e. The highest BCUT2D eigenvalue weighted by molar-refractivity contribution is 7.51. The van der Waals surface area contributed by atoms with Gasteiger partial charge in [-0.15, -0.1) is 0 Å². The van der Waals surface area contributed by atoms with Gasteiger partial charge in [-0.25, -0.2) is 9.97 Å². The monoisotopic (exact) mass is 585 g/mol. The molecule has 1 aliphatic carbocycles. The molecule has 1 fully saturated rings. The van der Waals surface area contributed by atoms with Crippen molar-refractivity contribution in [2.45, 2.75) is 78.0 Å². The molecule has 0 atom stereocenters. The van der Waals surface area contributed by atoms with E-state index in [0.717, 1.165) is 26.7 Å². The predicted octanol–water partition coefficient (Wildman–Crippen LogP) is 3.84. The molecule has 10 nitrogen and oxygen atoms in total. The molecule has 2 aromatic heterocycles. The van der Waals surface area contributed by atoms with Crippen molar-refractivity contribution in [2.75, 3.05) is 13.7 Å². The van der Waals surface area contributed by atoms with Crippen molar-refractivity contribution in [3.63, 3.8) is 0 Å². The summed E-state index contributed by atoms with van der Waals surface area (Å²) in [5, 5.41) is 23.5. The van der Waals surface area contributed by atoms with Crippen molar-refractivity contribution < 1.29 is 36.2 Å². The topological polar surface area (TPSA) is 147 Å². The highest BCUT2D eigenvalue weighted by Gasteiger charge is 2.47. The first-order valence-corrected chi connectivity index (χ1v) is 13.4. The van der Waals surface area contributed by atoms with Crippen molar-refractivity contribution in [2.24, 2.45) is 11.3 Å². The van der Waals surface area contributed by atoms with Gasteiger partial charge in [-0.1, -0.05) is 27.7 Å². The molecule has 1 aliphatic rings. The number of methoxy groups -OCH3 is 1. The number of ether oxygens (including phenoxy) is 1. The van der Waals surface area contributed by atoms with E-state index in [-0.39, 0.29) is 35.9 Å². The molecule has 0 spiro atoms. The van der Waals surface area contributed by atoms with Crippen LogP contribution in [0.25, 0.3) is 5.82 Å². The third-order valence-electron chi connectivity index (χ3n) is 7.10. The van der Waals surface area contributed by atoms with Crippen molar-refractivity contribution in [3.8, 4) is 17.6 Å². The fourth-order valence-corrected chi connectivity index (χ4v) is 4.50. The van der Waals surface area contributed by atoms with Crippen molar-refractivity contribution in [3.05, 3.63) is 35.0 Å². The van der Waals surface area contributed by atoms with Crippen molar-refractivity contribution in [1.29, 1.82) is 5.26 Å². The van der Waals surface area contributed by atoms with Gasteiger partial charge in [-0.2, -0.15) is 26.9 Å². The van der Waals surface area contributed by atoms with Gasteiger partial charge in [-0.05, 0) is 49.7 Å². The van der Waals surface area contributed by atoms with Crippen LogP contribution in [-0.2, 0) is 24.4 Å². The summed E-state index contributed by atoms with van der Waals surface area (Å²) < 4.78 is 63.6. The number of hydrogen-bond acceptors (Lipinski definition) is 8. The van der Waals surface area contributed by atoms with E-state index in [0.29, 0.717) is 36.6 Å². The largest absolute Gasteiger partial charge is 0.493 e. The van der Waals surface area contributed by atoms with Crippen LogP contribution in [0.1, 0.15) is 80.9 Å². The van der Waals surface area contributed by atoms with E-state index in [2.05, 4.69) is 22.2 Å². The van der Waals surface area contributed by atoms with Crippen LogP contribution in [-0.4, -0.2) is 59.4 Å². The van der Waals surface area contributed by atoms with Crippen LogP contribution in [0.2, 0.25) is 0 Å². The minimum Gasteiger partial charge on any atom is -0.493 e. The van der Waals surface area contributed by atoms with Gasteiger partial charge in [0, 0.05) is 19.2 Å². The Balaban J connectivity index is 0.00000178. The third kappa shape index (κ3) is 7.66. The zero-order chi connectivity index (χ0) is 30.3. The molecule has 220 valence electrons. The first kappa shape index (κ1) is 32.9. The van der Waals surface area contributed by atoms with E-state index < -0.39 is 34.7 Å². The standard InChI is InChI=1S/C26H34F3N5O3.O2S/c1-6-20-33-21(23(35)32-15-25(36)9-7-16(2)8-10-25)18(13-30)34(20)22-19(37-5)11-17(14-31-22)12-24(3,4)26(27,28)29;1-3-2/h11,14,16,36H,6-10,12,15H2,1-5H3,(H,32,35);. The molecule has 0 saturated heterocycles. The molecule has 3 rings (SSSR count). The highest BCUT2D eigenvalue weighted by Crippen LogP contribution is 2.41. The van der Waals surface area contributed by atoms with Crippen LogP contribution in [0, 0.1) is 22.7 Å². The maximum atomic E-state index is 13.4. The Morgan fingerprint density at radius 1 is 1.32 bits per heavy atom. The zero-order valence-electron chi connectivity index (χ0n) is 23.1. The van der Waals surface area contributed by atoms with Gasteiger partial charge in [0.05, 0.1) is 18.1 Å². The Bertz CT molecular complexity index is 1270. The molecule has 14 heteroatoms. The average molecular weight is 586 g/mol. The van der Waals surface area contributed by atoms with Crippen LogP contribution in [0.15, 0.2) is 12.3 Å². The molecule has 1 saturated carbocycles. The zero-order valence-corrected chi connectivity index (χ0v) is 23.9. The summed E-state index contributed by atoms with van der Waals surface area (Å²) in [5.41, 5.74) is -2.86. The van der Waals surface area contributed by atoms with Crippen LogP contribution in [0.4, 0.5) is 13.2 Å². The number of aliphatic hydroxyl groups is 1. The fraction of sp³-hybridized carbons (Fsp3) is 0.615. The molecule has 0 aromatic carbocycles. The number of aryl methyl sites for hydroxylation is 1. The summed E-state index contributed by atoms with van der Waals surface area (Å²) in [7, 11) is 1.35.